The molecule has 5 nitrogen and oxygen atoms in total. The third-order valence-corrected chi connectivity index (χ3v) is 3.90. The van der Waals surface area contributed by atoms with Crippen LogP contribution < -0.4 is 10.6 Å². The van der Waals surface area contributed by atoms with Crippen LogP contribution in [0.5, 0.6) is 0 Å². The van der Waals surface area contributed by atoms with E-state index in [-0.39, 0.29) is 11.4 Å². The minimum atomic E-state index is -0.476. The van der Waals surface area contributed by atoms with Gasteiger partial charge in [-0.2, -0.15) is 0 Å². The summed E-state index contributed by atoms with van der Waals surface area (Å²) in [6, 6.07) is 8.06. The quantitative estimate of drug-likeness (QED) is 0.906. The van der Waals surface area contributed by atoms with Crippen molar-refractivity contribution >= 4 is 17.4 Å². The van der Waals surface area contributed by atoms with Crippen molar-refractivity contribution in [2.45, 2.75) is 38.6 Å². The van der Waals surface area contributed by atoms with Crippen LogP contribution in [-0.2, 0) is 0 Å². The number of nitrogens with one attached hydrogen (secondary N) is 2. The summed E-state index contributed by atoms with van der Waals surface area (Å²) in [7, 11) is 0. The zero-order valence-corrected chi connectivity index (χ0v) is 13.0. The number of amides is 1. The van der Waals surface area contributed by atoms with Gasteiger partial charge in [0.25, 0.3) is 5.91 Å². The van der Waals surface area contributed by atoms with Gasteiger partial charge in [-0.05, 0) is 31.9 Å². The molecule has 1 heterocycles. The molecule has 1 amide bonds. The molecule has 1 fully saturated rings. The molecule has 0 spiro atoms. The number of nitrogens with zero attached hydrogens (tertiary/aromatic N) is 2. The van der Waals surface area contributed by atoms with Crippen LogP contribution >= 0.6 is 0 Å². The highest BCUT2D eigenvalue weighted by atomic mass is 19.1. The average molecular weight is 314 g/mol. The van der Waals surface area contributed by atoms with Crippen LogP contribution in [0.2, 0.25) is 0 Å². The third kappa shape index (κ3) is 3.83. The van der Waals surface area contributed by atoms with E-state index in [4.69, 9.17) is 0 Å². The van der Waals surface area contributed by atoms with E-state index >= 15 is 0 Å². The lowest BCUT2D eigenvalue weighted by Crippen LogP contribution is -2.19. The molecule has 0 aliphatic heterocycles. The summed E-state index contributed by atoms with van der Waals surface area (Å²) in [5.41, 5.74) is 0.361. The predicted molar refractivity (Wildman–Crippen MR) is 87.0 cm³/mol. The van der Waals surface area contributed by atoms with Crippen molar-refractivity contribution in [2.24, 2.45) is 0 Å². The van der Waals surface area contributed by atoms with Crippen molar-refractivity contribution in [3.05, 3.63) is 47.7 Å². The largest absolute Gasteiger partial charge is 0.367 e. The first-order valence-electron chi connectivity index (χ1n) is 7.80. The van der Waals surface area contributed by atoms with E-state index < -0.39 is 11.7 Å². The van der Waals surface area contributed by atoms with E-state index in [1.807, 2.05) is 0 Å². The van der Waals surface area contributed by atoms with Crippen molar-refractivity contribution in [2.75, 3.05) is 10.6 Å². The fourth-order valence-electron chi connectivity index (χ4n) is 2.79. The molecule has 1 aliphatic carbocycles. The van der Waals surface area contributed by atoms with Gasteiger partial charge < -0.3 is 10.6 Å². The van der Waals surface area contributed by atoms with Gasteiger partial charge in [-0.1, -0.05) is 25.0 Å². The minimum Gasteiger partial charge on any atom is -0.367 e. The second-order valence-corrected chi connectivity index (χ2v) is 5.75. The molecular formula is C17H19FN4O. The molecule has 6 heteroatoms. The van der Waals surface area contributed by atoms with E-state index in [9.17, 15) is 9.18 Å². The molecule has 120 valence electrons. The van der Waals surface area contributed by atoms with Crippen LogP contribution in [0.15, 0.2) is 30.3 Å². The number of aromatic nitrogens is 2. The molecular weight excluding hydrogens is 295 g/mol. The number of carbonyl (C=O) groups excluding carboxylic acids is 1. The molecule has 23 heavy (non-hydrogen) atoms. The number of para-hydroxylation sites is 1. The predicted octanol–water partition coefficient (Wildman–Crippen LogP) is 3.53. The highest BCUT2D eigenvalue weighted by molar-refractivity contribution is 6.03. The fourth-order valence-corrected chi connectivity index (χ4v) is 2.79. The summed E-state index contributed by atoms with van der Waals surface area (Å²) in [5, 5.41) is 5.89. The number of hydrogen-bond donors (Lipinski definition) is 2. The van der Waals surface area contributed by atoms with Crippen molar-refractivity contribution in [1.29, 1.82) is 0 Å². The Bertz CT molecular complexity index is 713. The van der Waals surface area contributed by atoms with Gasteiger partial charge in [-0.15, -0.1) is 0 Å². The Morgan fingerprint density at radius 3 is 2.70 bits per heavy atom. The van der Waals surface area contributed by atoms with Gasteiger partial charge in [0.05, 0.1) is 5.69 Å². The topological polar surface area (TPSA) is 66.9 Å². The monoisotopic (exact) mass is 314 g/mol. The molecule has 2 aromatic rings. The van der Waals surface area contributed by atoms with Gasteiger partial charge in [-0.25, -0.2) is 14.4 Å². The molecule has 1 aromatic heterocycles. The normalized spacial score (nSPS) is 14.7. The highest BCUT2D eigenvalue weighted by Gasteiger charge is 2.17. The zero-order valence-electron chi connectivity index (χ0n) is 13.0. The maximum absolute atomic E-state index is 13.6. The van der Waals surface area contributed by atoms with Gasteiger partial charge in [0, 0.05) is 12.1 Å². The van der Waals surface area contributed by atoms with Gasteiger partial charge in [-0.3, -0.25) is 4.79 Å². The van der Waals surface area contributed by atoms with Crippen molar-refractivity contribution in [3.63, 3.8) is 0 Å². The van der Waals surface area contributed by atoms with Crippen LogP contribution in [0, 0.1) is 12.7 Å². The van der Waals surface area contributed by atoms with Crippen LogP contribution in [0.3, 0.4) is 0 Å². The first-order valence-corrected chi connectivity index (χ1v) is 7.80. The van der Waals surface area contributed by atoms with Gasteiger partial charge in [0.15, 0.2) is 0 Å². The summed E-state index contributed by atoms with van der Waals surface area (Å²) >= 11 is 0. The van der Waals surface area contributed by atoms with Crippen LogP contribution in [0.25, 0.3) is 0 Å². The van der Waals surface area contributed by atoms with Crippen LogP contribution in [0.1, 0.15) is 42.0 Å². The molecule has 0 bridgehead atoms. The summed E-state index contributed by atoms with van der Waals surface area (Å²) in [4.78, 5) is 20.8. The maximum atomic E-state index is 13.6. The summed E-state index contributed by atoms with van der Waals surface area (Å²) in [6.45, 7) is 1.74. The third-order valence-electron chi connectivity index (χ3n) is 3.90. The Morgan fingerprint density at radius 1 is 1.22 bits per heavy atom. The zero-order chi connectivity index (χ0) is 16.2. The molecule has 3 rings (SSSR count). The van der Waals surface area contributed by atoms with Crippen LogP contribution in [0.4, 0.5) is 15.9 Å². The molecule has 1 saturated carbocycles. The maximum Gasteiger partial charge on any atom is 0.274 e. The highest BCUT2D eigenvalue weighted by Crippen LogP contribution is 2.22. The van der Waals surface area contributed by atoms with E-state index in [0.717, 1.165) is 12.8 Å². The lowest BCUT2D eigenvalue weighted by atomic mass is 10.2. The standard InChI is InChI=1S/C17H19FN4O/c1-11-19-15(10-16(20-11)21-12-6-2-3-7-12)17(23)22-14-9-5-4-8-13(14)18/h4-5,8-10,12H,2-3,6-7H2,1H3,(H,22,23)(H,19,20,21). The second-order valence-electron chi connectivity index (χ2n) is 5.75. The molecule has 0 unspecified atom stereocenters. The van der Waals surface area contributed by atoms with E-state index in [1.165, 1.54) is 25.0 Å². The number of benzene rings is 1. The smallest absolute Gasteiger partial charge is 0.274 e. The molecule has 0 atom stereocenters. The lowest BCUT2D eigenvalue weighted by Gasteiger charge is -2.14. The van der Waals surface area contributed by atoms with Gasteiger partial charge in [0.2, 0.25) is 0 Å². The first kappa shape index (κ1) is 15.4. The van der Waals surface area contributed by atoms with Crippen molar-refractivity contribution < 1.29 is 9.18 Å². The fraction of sp³-hybridized carbons (Fsp3) is 0.353. The number of anilines is 2. The second kappa shape index (κ2) is 6.73. The Hall–Kier alpha value is -2.50. The number of hydrogen-bond acceptors (Lipinski definition) is 4. The Morgan fingerprint density at radius 2 is 1.96 bits per heavy atom. The number of rotatable bonds is 4. The van der Waals surface area contributed by atoms with E-state index in [0.29, 0.717) is 17.7 Å². The van der Waals surface area contributed by atoms with Gasteiger partial charge >= 0.3 is 0 Å². The Balaban J connectivity index is 1.77. The average Bonchev–Trinajstić information content (AvgIpc) is 3.02. The number of halogens is 1. The molecule has 0 radical (unpaired) electrons. The molecule has 0 saturated heterocycles. The summed E-state index contributed by atoms with van der Waals surface area (Å²) < 4.78 is 13.6. The van der Waals surface area contributed by atoms with E-state index in [2.05, 4.69) is 20.6 Å². The minimum absolute atomic E-state index is 0.138. The van der Waals surface area contributed by atoms with Crippen molar-refractivity contribution in [3.8, 4) is 0 Å². The molecule has 2 N–H and O–H groups in total. The molecule has 1 aliphatic rings. The lowest BCUT2D eigenvalue weighted by molar-refractivity contribution is 0.102. The number of aryl methyl sites for hydroxylation is 1. The first-order chi connectivity index (χ1) is 11.1. The Kier molecular flexibility index (Phi) is 4.50. The van der Waals surface area contributed by atoms with Crippen LogP contribution in [-0.4, -0.2) is 21.9 Å². The van der Waals surface area contributed by atoms with Gasteiger partial charge in [0.1, 0.15) is 23.2 Å². The SMILES string of the molecule is Cc1nc(NC2CCCC2)cc(C(=O)Nc2ccccc2F)n1. The molecule has 1 aromatic carbocycles. The van der Waals surface area contributed by atoms with Crippen molar-refractivity contribution in [1.82, 2.24) is 9.97 Å². The van der Waals surface area contributed by atoms with E-state index in [1.54, 1.807) is 25.1 Å². The Labute approximate surface area is 134 Å². The summed E-state index contributed by atoms with van der Waals surface area (Å²) in [6.07, 6.45) is 4.64. The number of carbonyl (C=O) groups is 1. The summed E-state index contributed by atoms with van der Waals surface area (Å²) in [5.74, 6) is 0.223.